The number of hydrogen-bond donors (Lipinski definition) is 1. The molecular weight excluding hydrogens is 429 g/mol. The van der Waals surface area contributed by atoms with E-state index in [1.165, 1.54) is 10.9 Å². The van der Waals surface area contributed by atoms with Gasteiger partial charge >= 0.3 is 6.03 Å². The highest BCUT2D eigenvalue weighted by Crippen LogP contribution is 2.34. The number of carbonyl (C=O) groups excluding carboxylic acids is 2. The molecule has 0 radical (unpaired) electrons. The van der Waals surface area contributed by atoms with Gasteiger partial charge in [-0.3, -0.25) is 4.79 Å². The minimum absolute atomic E-state index is 0.00580. The number of amides is 3. The van der Waals surface area contributed by atoms with Crippen LogP contribution in [0, 0.1) is 11.7 Å². The monoisotopic (exact) mass is 461 g/mol. The Bertz CT molecular complexity index is 919. The number of rotatable bonds is 9. The van der Waals surface area contributed by atoms with Gasteiger partial charge in [0.15, 0.2) is 11.6 Å². The van der Waals surface area contributed by atoms with Crippen molar-refractivity contribution < 1.29 is 18.7 Å². The summed E-state index contributed by atoms with van der Waals surface area (Å²) in [6.07, 6.45) is 1.69. The molecule has 2 heterocycles. The van der Waals surface area contributed by atoms with Gasteiger partial charge in [0.05, 0.1) is 6.04 Å². The average Bonchev–Trinajstić information content (AvgIpc) is 3.27. The first-order valence-electron chi connectivity index (χ1n) is 11.2. The second kappa shape index (κ2) is 11.3. The van der Waals surface area contributed by atoms with Gasteiger partial charge in [0.1, 0.15) is 13.2 Å². The lowest BCUT2D eigenvalue weighted by molar-refractivity contribution is -0.135. The second-order valence-corrected chi connectivity index (χ2v) is 9.12. The summed E-state index contributed by atoms with van der Waals surface area (Å²) >= 11 is 1.66. The maximum atomic E-state index is 14.1. The molecule has 0 unspecified atom stereocenters. The molecular formula is C24H32FN3O3S. The van der Waals surface area contributed by atoms with Crippen LogP contribution in [0.2, 0.25) is 0 Å². The van der Waals surface area contributed by atoms with Crippen molar-refractivity contribution in [3.8, 4) is 5.75 Å². The van der Waals surface area contributed by atoms with Crippen LogP contribution in [0.1, 0.15) is 43.7 Å². The number of carbonyl (C=O) groups is 2. The Morgan fingerprint density at radius 3 is 2.81 bits per heavy atom. The maximum Gasteiger partial charge on any atom is 0.317 e. The van der Waals surface area contributed by atoms with E-state index < -0.39 is 5.82 Å². The Kier molecular flexibility index (Phi) is 8.50. The summed E-state index contributed by atoms with van der Waals surface area (Å²) in [5, 5.41) is 4.82. The maximum absolute atomic E-state index is 14.1. The quantitative estimate of drug-likeness (QED) is 0.599. The van der Waals surface area contributed by atoms with E-state index in [0.717, 1.165) is 18.4 Å². The molecule has 1 aromatic heterocycles. The van der Waals surface area contributed by atoms with Crippen LogP contribution in [0.25, 0.3) is 0 Å². The third kappa shape index (κ3) is 5.79. The van der Waals surface area contributed by atoms with Gasteiger partial charge in [0, 0.05) is 24.5 Å². The number of thiophene rings is 1. The second-order valence-electron chi connectivity index (χ2n) is 8.12. The lowest BCUT2D eigenvalue weighted by Gasteiger charge is -2.37. The van der Waals surface area contributed by atoms with Gasteiger partial charge in [0.2, 0.25) is 5.91 Å². The van der Waals surface area contributed by atoms with Crippen molar-refractivity contribution in [3.05, 3.63) is 52.0 Å². The first kappa shape index (κ1) is 24.0. The minimum atomic E-state index is -0.428. The number of fused-ring (bicyclic) bond motifs is 1. The summed E-state index contributed by atoms with van der Waals surface area (Å²) in [5.74, 6) is -0.0976. The van der Waals surface area contributed by atoms with Gasteiger partial charge in [0.25, 0.3) is 0 Å². The summed E-state index contributed by atoms with van der Waals surface area (Å²) < 4.78 is 19.9. The van der Waals surface area contributed by atoms with Crippen molar-refractivity contribution in [2.75, 3.05) is 32.8 Å². The number of nitrogens with zero attached hydrogens (tertiary/aromatic N) is 2. The largest absolute Gasteiger partial charge is 0.488 e. The molecule has 8 heteroatoms. The fourth-order valence-electron chi connectivity index (χ4n) is 3.85. The lowest BCUT2D eigenvalue weighted by Crippen LogP contribution is -2.50. The highest BCUT2D eigenvalue weighted by molar-refractivity contribution is 7.10. The molecule has 0 spiro atoms. The van der Waals surface area contributed by atoms with E-state index in [2.05, 4.69) is 19.2 Å². The van der Waals surface area contributed by atoms with Gasteiger partial charge in [-0.25, -0.2) is 9.18 Å². The normalized spacial score (nSPS) is 16.2. The van der Waals surface area contributed by atoms with Crippen LogP contribution in [0.3, 0.4) is 0 Å². The Hall–Kier alpha value is -2.61. The smallest absolute Gasteiger partial charge is 0.317 e. The van der Waals surface area contributed by atoms with E-state index in [1.54, 1.807) is 39.3 Å². The topological polar surface area (TPSA) is 61.9 Å². The highest BCUT2D eigenvalue weighted by Gasteiger charge is 2.33. The molecule has 0 fully saturated rings. The van der Waals surface area contributed by atoms with Crippen LogP contribution in [0.4, 0.5) is 9.18 Å². The zero-order valence-electron chi connectivity index (χ0n) is 19.0. The number of halogens is 1. The Labute approximate surface area is 193 Å². The Morgan fingerprint density at radius 2 is 2.09 bits per heavy atom. The van der Waals surface area contributed by atoms with E-state index in [9.17, 15) is 14.0 Å². The molecule has 1 aliphatic rings. The number of benzene rings is 1. The molecule has 0 saturated heterocycles. The molecule has 1 aliphatic heterocycles. The van der Waals surface area contributed by atoms with Crippen molar-refractivity contribution in [1.29, 1.82) is 0 Å². The summed E-state index contributed by atoms with van der Waals surface area (Å²) in [5.41, 5.74) is 1.04. The van der Waals surface area contributed by atoms with Crippen LogP contribution in [-0.2, 0) is 11.2 Å². The molecule has 174 valence electrons. The molecule has 2 atom stereocenters. The lowest BCUT2D eigenvalue weighted by atomic mass is 10.00. The van der Waals surface area contributed by atoms with Gasteiger partial charge in [-0.2, -0.15) is 0 Å². The minimum Gasteiger partial charge on any atom is -0.488 e. The molecule has 1 aromatic carbocycles. The molecule has 1 N–H and O–H groups in total. The van der Waals surface area contributed by atoms with Crippen molar-refractivity contribution in [3.63, 3.8) is 0 Å². The zero-order chi connectivity index (χ0) is 23.1. The van der Waals surface area contributed by atoms with Gasteiger partial charge < -0.3 is 19.9 Å². The van der Waals surface area contributed by atoms with E-state index >= 15 is 0 Å². The van der Waals surface area contributed by atoms with Crippen LogP contribution in [-0.4, -0.2) is 54.5 Å². The highest BCUT2D eigenvalue weighted by atomic mass is 32.1. The van der Waals surface area contributed by atoms with Crippen LogP contribution < -0.4 is 10.1 Å². The fraction of sp³-hybridized carbons (Fsp3) is 0.500. The van der Waals surface area contributed by atoms with Gasteiger partial charge in [-0.15, -0.1) is 11.3 Å². The Balaban J connectivity index is 1.77. The number of nitrogens with one attached hydrogen (secondary N) is 1. The molecule has 3 amide bonds. The van der Waals surface area contributed by atoms with E-state index in [4.69, 9.17) is 4.74 Å². The van der Waals surface area contributed by atoms with Crippen molar-refractivity contribution in [1.82, 2.24) is 15.1 Å². The predicted octanol–water partition coefficient (Wildman–Crippen LogP) is 4.47. The number of hydrogen-bond acceptors (Lipinski definition) is 4. The van der Waals surface area contributed by atoms with Crippen LogP contribution in [0.5, 0.6) is 5.75 Å². The van der Waals surface area contributed by atoms with Crippen molar-refractivity contribution in [2.24, 2.45) is 5.92 Å². The molecule has 0 bridgehead atoms. The number of urea groups is 1. The van der Waals surface area contributed by atoms with Crippen LogP contribution >= 0.6 is 11.3 Å². The fourth-order valence-corrected chi connectivity index (χ4v) is 4.78. The van der Waals surface area contributed by atoms with Gasteiger partial charge in [-0.05, 0) is 48.4 Å². The summed E-state index contributed by atoms with van der Waals surface area (Å²) in [7, 11) is 0. The first-order valence-corrected chi connectivity index (χ1v) is 12.1. The molecule has 0 saturated carbocycles. The van der Waals surface area contributed by atoms with Crippen LogP contribution in [0.15, 0.2) is 35.7 Å². The molecule has 0 aliphatic carbocycles. The zero-order valence-corrected chi connectivity index (χ0v) is 19.8. The van der Waals surface area contributed by atoms with Crippen molar-refractivity contribution >= 4 is 23.3 Å². The molecule has 6 nitrogen and oxygen atoms in total. The number of ether oxygens (including phenoxy) is 1. The average molecular weight is 462 g/mol. The predicted molar refractivity (Wildman–Crippen MR) is 124 cm³/mol. The summed E-state index contributed by atoms with van der Waals surface area (Å²) in [4.78, 5) is 30.6. The molecule has 3 rings (SSSR count). The number of para-hydroxylation sites is 1. The molecule has 32 heavy (non-hydrogen) atoms. The van der Waals surface area contributed by atoms with Crippen molar-refractivity contribution in [2.45, 2.75) is 39.7 Å². The summed E-state index contributed by atoms with van der Waals surface area (Å²) in [6, 6.07) is 7.73. The van der Waals surface area contributed by atoms with Gasteiger partial charge in [-0.1, -0.05) is 32.4 Å². The SMILES string of the molecule is CCNC(=O)N(CC(=O)N1CCc2sccc2[C@H]1COc1ccccc1F)C[C@@H](C)CC. The standard InChI is InChI=1S/C24H32FN3O3S/c1-4-17(3)14-27(24(30)26-5-2)15-23(29)28-12-10-22-18(11-13-32-22)20(28)16-31-21-9-7-6-8-19(21)25/h6-9,11,13,17,20H,4-5,10,12,14-16H2,1-3H3,(H,26,30)/t17-,20+/m0/s1. The summed E-state index contributed by atoms with van der Waals surface area (Å²) in [6.45, 7) is 7.73. The Morgan fingerprint density at radius 1 is 1.31 bits per heavy atom. The molecule has 2 aromatic rings. The first-order chi connectivity index (χ1) is 15.4. The third-order valence-electron chi connectivity index (χ3n) is 5.82. The van der Waals surface area contributed by atoms with E-state index in [0.29, 0.717) is 19.6 Å². The van der Waals surface area contributed by atoms with E-state index in [1.807, 2.05) is 18.4 Å². The third-order valence-corrected chi connectivity index (χ3v) is 6.82. The van der Waals surface area contributed by atoms with E-state index in [-0.39, 0.29) is 42.8 Å².